The van der Waals surface area contributed by atoms with Crippen LogP contribution in [0.2, 0.25) is 0 Å². The summed E-state index contributed by atoms with van der Waals surface area (Å²) in [6.07, 6.45) is 13.5. The number of nitrogens with zero attached hydrogens (tertiary/aromatic N) is 4. The molecule has 4 N–H and O–H groups in total. The molecule has 1 aliphatic rings. The summed E-state index contributed by atoms with van der Waals surface area (Å²) in [5, 5.41) is 0. The number of nitrogens with two attached hydrogens (primary N) is 2. The van der Waals surface area contributed by atoms with Crippen LogP contribution in [0.25, 0.3) is 5.57 Å². The minimum absolute atomic E-state index is 0.438. The van der Waals surface area contributed by atoms with Crippen LogP contribution in [0, 0.1) is 0 Å². The third-order valence-electron chi connectivity index (χ3n) is 2.93. The van der Waals surface area contributed by atoms with Crippen molar-refractivity contribution < 1.29 is 0 Å². The van der Waals surface area contributed by atoms with Crippen molar-refractivity contribution in [3.63, 3.8) is 0 Å². The van der Waals surface area contributed by atoms with Gasteiger partial charge in [0, 0.05) is 0 Å². The van der Waals surface area contributed by atoms with Gasteiger partial charge in [-0.1, -0.05) is 6.08 Å². The molecule has 110 valence electrons. The molecule has 7 heteroatoms. The average molecular weight is 349 g/mol. The predicted molar refractivity (Wildman–Crippen MR) is 87.0 cm³/mol. The second kappa shape index (κ2) is 7.68. The van der Waals surface area contributed by atoms with E-state index in [-0.39, 0.29) is 0 Å². The molecule has 0 radical (unpaired) electrons. The van der Waals surface area contributed by atoms with Gasteiger partial charge in [0.05, 0.1) is 30.5 Å². The third-order valence-corrected chi connectivity index (χ3v) is 3.34. The summed E-state index contributed by atoms with van der Waals surface area (Å²) < 4.78 is 0.701. The minimum Gasteiger partial charge on any atom is -0.382 e. The summed E-state index contributed by atoms with van der Waals surface area (Å²) in [6, 6.07) is 0. The lowest BCUT2D eigenvalue weighted by molar-refractivity contribution is 0.739. The maximum absolute atomic E-state index is 5.46. The van der Waals surface area contributed by atoms with E-state index in [2.05, 4.69) is 41.9 Å². The number of aromatic nitrogens is 4. The van der Waals surface area contributed by atoms with Crippen molar-refractivity contribution in [2.45, 2.75) is 25.7 Å². The summed E-state index contributed by atoms with van der Waals surface area (Å²) in [6.45, 7) is 0. The van der Waals surface area contributed by atoms with Gasteiger partial charge in [-0.3, -0.25) is 4.98 Å². The van der Waals surface area contributed by atoms with Crippen LogP contribution in [0.15, 0.2) is 35.5 Å². The standard InChI is InChI=1S/C10H13N3.C4H4BrN3/c11-10-7-12-9(6-13-10)8-4-2-1-3-5-8;5-3-1-8-4(6)2-7-3/h4,6-7H,1-3,5H2,(H2,11,13);1-2H,(H2,6,8). The van der Waals surface area contributed by atoms with E-state index < -0.39 is 0 Å². The van der Waals surface area contributed by atoms with Crippen LogP contribution < -0.4 is 11.5 Å². The Labute approximate surface area is 131 Å². The quantitative estimate of drug-likeness (QED) is 0.820. The van der Waals surface area contributed by atoms with Gasteiger partial charge in [-0.2, -0.15) is 0 Å². The number of anilines is 2. The highest BCUT2D eigenvalue weighted by Gasteiger charge is 2.06. The first-order valence-electron chi connectivity index (χ1n) is 6.65. The van der Waals surface area contributed by atoms with Gasteiger partial charge in [0.1, 0.15) is 16.2 Å². The highest BCUT2D eigenvalue weighted by Crippen LogP contribution is 2.24. The van der Waals surface area contributed by atoms with Crippen molar-refractivity contribution >= 4 is 33.1 Å². The van der Waals surface area contributed by atoms with Crippen molar-refractivity contribution in [3.05, 3.63) is 41.2 Å². The summed E-state index contributed by atoms with van der Waals surface area (Å²) in [7, 11) is 0. The molecule has 0 fully saturated rings. The van der Waals surface area contributed by atoms with E-state index in [1.807, 2.05) is 0 Å². The molecular weight excluding hydrogens is 332 g/mol. The molecular formula is C14H17BrN6. The van der Waals surface area contributed by atoms with E-state index in [1.54, 1.807) is 18.6 Å². The molecule has 0 saturated carbocycles. The van der Waals surface area contributed by atoms with Crippen LogP contribution in [-0.2, 0) is 0 Å². The highest BCUT2D eigenvalue weighted by atomic mass is 79.9. The topological polar surface area (TPSA) is 104 Å². The van der Waals surface area contributed by atoms with Crippen molar-refractivity contribution in [1.29, 1.82) is 0 Å². The lowest BCUT2D eigenvalue weighted by Crippen LogP contribution is -1.97. The van der Waals surface area contributed by atoms with E-state index in [4.69, 9.17) is 11.5 Å². The SMILES string of the molecule is Nc1cnc(Br)cn1.Nc1cnc(C2=CCCCC2)cn1. The normalized spacial score (nSPS) is 13.9. The summed E-state index contributed by atoms with van der Waals surface area (Å²) in [4.78, 5) is 15.8. The monoisotopic (exact) mass is 348 g/mol. The Morgan fingerprint density at radius 1 is 0.857 bits per heavy atom. The molecule has 0 saturated heterocycles. The first-order chi connectivity index (χ1) is 10.1. The number of hydrogen-bond acceptors (Lipinski definition) is 6. The lowest BCUT2D eigenvalue weighted by Gasteiger charge is -2.11. The Morgan fingerprint density at radius 2 is 1.57 bits per heavy atom. The molecule has 0 aromatic carbocycles. The Hall–Kier alpha value is -2.02. The largest absolute Gasteiger partial charge is 0.382 e. The maximum atomic E-state index is 5.46. The fourth-order valence-electron chi connectivity index (χ4n) is 1.90. The molecule has 0 aliphatic heterocycles. The Balaban J connectivity index is 0.000000173. The van der Waals surface area contributed by atoms with Crippen LogP contribution in [0.4, 0.5) is 11.6 Å². The molecule has 6 nitrogen and oxygen atoms in total. The number of hydrogen-bond donors (Lipinski definition) is 2. The zero-order chi connectivity index (χ0) is 15.1. The first-order valence-corrected chi connectivity index (χ1v) is 7.44. The number of nitrogen functional groups attached to an aromatic ring is 2. The maximum Gasteiger partial charge on any atom is 0.141 e. The van der Waals surface area contributed by atoms with Crippen LogP contribution >= 0.6 is 15.9 Å². The second-order valence-corrected chi connectivity index (χ2v) is 5.38. The van der Waals surface area contributed by atoms with Gasteiger partial charge in [0.15, 0.2) is 0 Å². The molecule has 2 aromatic heterocycles. The molecule has 2 aromatic rings. The molecule has 0 unspecified atom stereocenters. The van der Waals surface area contributed by atoms with Crippen molar-refractivity contribution in [2.75, 3.05) is 11.5 Å². The van der Waals surface area contributed by atoms with Crippen LogP contribution in [0.5, 0.6) is 0 Å². The Kier molecular flexibility index (Phi) is 5.62. The predicted octanol–water partition coefficient (Wildman–Crippen LogP) is 2.84. The van der Waals surface area contributed by atoms with Crippen LogP contribution in [0.1, 0.15) is 31.4 Å². The molecule has 0 amide bonds. The molecule has 0 spiro atoms. The van der Waals surface area contributed by atoms with Gasteiger partial charge < -0.3 is 11.5 Å². The molecule has 0 atom stereocenters. The van der Waals surface area contributed by atoms with Gasteiger partial charge in [-0.15, -0.1) is 0 Å². The van der Waals surface area contributed by atoms with Gasteiger partial charge in [0.2, 0.25) is 0 Å². The van der Waals surface area contributed by atoms with Gasteiger partial charge in [0.25, 0.3) is 0 Å². The highest BCUT2D eigenvalue weighted by molar-refractivity contribution is 9.10. The molecule has 0 bridgehead atoms. The average Bonchev–Trinajstić information content (AvgIpc) is 2.52. The Morgan fingerprint density at radius 3 is 2.05 bits per heavy atom. The first kappa shape index (κ1) is 15.4. The molecule has 3 rings (SSSR count). The summed E-state index contributed by atoms with van der Waals surface area (Å²) in [5.74, 6) is 0.924. The van der Waals surface area contributed by atoms with E-state index in [9.17, 15) is 0 Å². The van der Waals surface area contributed by atoms with Gasteiger partial charge in [-0.05, 0) is 47.2 Å². The van der Waals surface area contributed by atoms with E-state index in [0.717, 1.165) is 12.1 Å². The summed E-state index contributed by atoms with van der Waals surface area (Å²) >= 11 is 3.12. The third kappa shape index (κ3) is 5.11. The van der Waals surface area contributed by atoms with Crippen molar-refractivity contribution in [2.24, 2.45) is 0 Å². The fraction of sp³-hybridized carbons (Fsp3) is 0.286. The van der Waals surface area contributed by atoms with E-state index >= 15 is 0 Å². The number of allylic oxidation sites excluding steroid dienone is 2. The van der Waals surface area contributed by atoms with Crippen LogP contribution in [-0.4, -0.2) is 19.9 Å². The van der Waals surface area contributed by atoms with E-state index in [0.29, 0.717) is 16.2 Å². The summed E-state index contributed by atoms with van der Waals surface area (Å²) in [5.41, 5.74) is 13.0. The van der Waals surface area contributed by atoms with Crippen molar-refractivity contribution in [3.8, 4) is 0 Å². The van der Waals surface area contributed by atoms with Gasteiger partial charge in [-0.25, -0.2) is 15.0 Å². The van der Waals surface area contributed by atoms with Gasteiger partial charge >= 0.3 is 0 Å². The molecule has 1 aliphatic carbocycles. The van der Waals surface area contributed by atoms with Crippen molar-refractivity contribution in [1.82, 2.24) is 19.9 Å². The Bertz CT molecular complexity index is 573. The van der Waals surface area contributed by atoms with E-state index in [1.165, 1.54) is 31.0 Å². The number of halogens is 1. The zero-order valence-corrected chi connectivity index (χ0v) is 13.1. The molecule has 2 heterocycles. The fourth-order valence-corrected chi connectivity index (χ4v) is 2.10. The lowest BCUT2D eigenvalue weighted by atomic mass is 9.97. The smallest absolute Gasteiger partial charge is 0.141 e. The number of rotatable bonds is 1. The minimum atomic E-state index is 0.438. The zero-order valence-electron chi connectivity index (χ0n) is 11.5. The second-order valence-electron chi connectivity index (χ2n) is 4.57. The van der Waals surface area contributed by atoms with Crippen LogP contribution in [0.3, 0.4) is 0 Å². The molecule has 21 heavy (non-hydrogen) atoms.